The first kappa shape index (κ1) is 36.0. The van der Waals surface area contributed by atoms with Gasteiger partial charge in [-0.2, -0.15) is 5.26 Å². The number of benzene rings is 3. The molecule has 4 fully saturated rings. The summed E-state index contributed by atoms with van der Waals surface area (Å²) in [5, 5.41) is 30.2. The number of aryl methyl sites for hydroxylation is 1. The van der Waals surface area contributed by atoms with E-state index in [4.69, 9.17) is 32.9 Å². The molecule has 2 bridgehead atoms. The maximum Gasteiger partial charge on any atom is 0.410 e. The van der Waals surface area contributed by atoms with Crippen molar-refractivity contribution in [2.24, 2.45) is 5.92 Å². The van der Waals surface area contributed by atoms with E-state index in [1.807, 2.05) is 4.57 Å². The van der Waals surface area contributed by atoms with E-state index >= 15 is 13.2 Å². The van der Waals surface area contributed by atoms with Gasteiger partial charge in [0.15, 0.2) is 17.5 Å². The number of hydrogen-bond donors (Lipinski definition) is 2. The van der Waals surface area contributed by atoms with Gasteiger partial charge >= 0.3 is 12.2 Å². The lowest BCUT2D eigenvalue weighted by atomic mass is 9.79. The summed E-state index contributed by atoms with van der Waals surface area (Å²) in [7, 11) is 1.28. The summed E-state index contributed by atoms with van der Waals surface area (Å²) in [6, 6.07) is 11.4. The molecule has 1 aliphatic carbocycles. The number of ether oxygens (including phenoxy) is 1. The molecule has 0 spiro atoms. The molecule has 1 saturated carbocycles. The van der Waals surface area contributed by atoms with Crippen molar-refractivity contribution in [1.82, 2.24) is 19.4 Å². The van der Waals surface area contributed by atoms with Crippen LogP contribution in [-0.2, 0) is 17.8 Å². The predicted octanol–water partition coefficient (Wildman–Crippen LogP) is 9.02. The number of amides is 2. The fraction of sp³-hybridized carbons (Fsp3) is 0.333. The fourth-order valence-corrected chi connectivity index (χ4v) is 9.21. The van der Waals surface area contributed by atoms with Gasteiger partial charge < -0.3 is 24.4 Å². The lowest BCUT2D eigenvalue weighted by Crippen LogP contribution is -2.43. The summed E-state index contributed by atoms with van der Waals surface area (Å²) in [5.41, 5.74) is 0.791. The average molecular weight is 779 g/mol. The van der Waals surface area contributed by atoms with Crippen molar-refractivity contribution in [3.63, 3.8) is 0 Å². The van der Waals surface area contributed by atoms with Gasteiger partial charge in [0, 0.05) is 64.1 Å². The van der Waals surface area contributed by atoms with Crippen molar-refractivity contribution in [2.45, 2.75) is 56.8 Å². The molecule has 5 heterocycles. The number of aliphatic hydroxyl groups excluding tert-OH is 1. The van der Waals surface area contributed by atoms with Crippen LogP contribution in [0.2, 0.25) is 10.0 Å². The minimum Gasteiger partial charge on any atom is -0.465 e. The van der Waals surface area contributed by atoms with Crippen molar-refractivity contribution in [2.75, 3.05) is 20.2 Å². The zero-order valence-electron chi connectivity index (χ0n) is 28.8. The Bertz CT molecular complexity index is 2450. The standard InChI is InChI=1S/C39H32Cl2F3N5O5/c1-54-39(53)47-12-4-8-26(47)27-15-24-34(22-10-9-19(17-50)31(42)32(22)43)46-35-23(37(24)49(27)36-20-14-28(36)48(16-20)38(51)52)13-18(5-3-11-45)29(33(35)44)21-6-2-7-25(40)30(21)41/h2,6-7,9-10,13,15,20,26,28,36,50H,3-5,8,12,14,16-17H2,1H3,(H,51,52)/t20-,26?,28-,36+/m1/s1. The topological polar surface area (TPSA) is 132 Å². The van der Waals surface area contributed by atoms with Gasteiger partial charge in [-0.1, -0.05) is 41.4 Å². The van der Waals surface area contributed by atoms with Gasteiger partial charge in [0.25, 0.3) is 0 Å². The van der Waals surface area contributed by atoms with Crippen LogP contribution in [0.3, 0.4) is 0 Å². The summed E-state index contributed by atoms with van der Waals surface area (Å²) >= 11 is 13.0. The molecular weight excluding hydrogens is 746 g/mol. The van der Waals surface area contributed by atoms with Crippen LogP contribution in [0.15, 0.2) is 42.5 Å². The molecule has 4 atom stereocenters. The molecule has 15 heteroatoms. The first-order valence-corrected chi connectivity index (χ1v) is 18.2. The molecule has 10 nitrogen and oxygen atoms in total. The number of carboxylic acid groups (broad SMARTS) is 1. The Morgan fingerprint density at radius 2 is 1.83 bits per heavy atom. The normalized spacial score (nSPS) is 20.5. The number of aliphatic hydroxyl groups is 1. The van der Waals surface area contributed by atoms with Crippen molar-refractivity contribution in [1.29, 1.82) is 5.26 Å². The molecule has 278 valence electrons. The number of carbonyl (C=O) groups is 2. The Morgan fingerprint density at radius 3 is 2.54 bits per heavy atom. The third kappa shape index (κ3) is 5.37. The molecule has 9 rings (SSSR count). The van der Waals surface area contributed by atoms with Crippen molar-refractivity contribution >= 4 is 57.2 Å². The molecule has 54 heavy (non-hydrogen) atoms. The largest absolute Gasteiger partial charge is 0.465 e. The average Bonchev–Trinajstić information content (AvgIpc) is 3.96. The Balaban J connectivity index is 1.53. The number of rotatable bonds is 7. The highest BCUT2D eigenvalue weighted by atomic mass is 35.5. The highest BCUT2D eigenvalue weighted by Gasteiger charge is 2.56. The van der Waals surface area contributed by atoms with Gasteiger partial charge in [0.05, 0.1) is 59.2 Å². The zero-order chi connectivity index (χ0) is 38.2. The number of nitriles is 1. The third-order valence-electron chi connectivity index (χ3n) is 11.2. The van der Waals surface area contributed by atoms with Crippen LogP contribution in [0.4, 0.5) is 22.8 Å². The molecule has 5 aromatic rings. The molecule has 2 aromatic heterocycles. The van der Waals surface area contributed by atoms with Crippen LogP contribution in [0, 0.1) is 34.7 Å². The highest BCUT2D eigenvalue weighted by Crippen LogP contribution is 2.54. The molecule has 2 amide bonds. The number of hydrogen-bond acceptors (Lipinski definition) is 6. The smallest absolute Gasteiger partial charge is 0.410 e. The molecule has 3 aromatic carbocycles. The number of aromatic nitrogens is 2. The van der Waals surface area contributed by atoms with E-state index < -0.39 is 54.4 Å². The van der Waals surface area contributed by atoms with E-state index in [9.17, 15) is 25.1 Å². The second kappa shape index (κ2) is 13.7. The van der Waals surface area contributed by atoms with Gasteiger partial charge in [-0.25, -0.2) is 27.7 Å². The SMILES string of the molecule is COC(=O)N1CCCC1c1cc2c(-c3ccc(CO)c(F)c3F)nc3c(F)c(-c4cccc(Cl)c4Cl)c(CCC#N)cc3c2n1[C@H]1[C@@H]2C[C@H]1N(C(=O)O)C2. The van der Waals surface area contributed by atoms with E-state index in [0.717, 1.165) is 0 Å². The summed E-state index contributed by atoms with van der Waals surface area (Å²) in [5.74, 6) is -3.56. The van der Waals surface area contributed by atoms with Gasteiger partial charge in [-0.05, 0) is 55.5 Å². The second-order valence-electron chi connectivity index (χ2n) is 13.9. The van der Waals surface area contributed by atoms with Crippen LogP contribution in [-0.4, -0.2) is 68.0 Å². The quantitative estimate of drug-likeness (QED) is 0.169. The highest BCUT2D eigenvalue weighted by molar-refractivity contribution is 6.43. The Hall–Kier alpha value is -5.03. The van der Waals surface area contributed by atoms with Crippen molar-refractivity contribution in [3.8, 4) is 28.5 Å². The van der Waals surface area contributed by atoms with Crippen LogP contribution >= 0.6 is 23.2 Å². The molecule has 2 N–H and O–H groups in total. The number of halogens is 5. The summed E-state index contributed by atoms with van der Waals surface area (Å²) in [4.78, 5) is 33.2. The zero-order valence-corrected chi connectivity index (χ0v) is 30.3. The molecule has 1 unspecified atom stereocenters. The summed E-state index contributed by atoms with van der Waals surface area (Å²) in [6.07, 6.45) is 0.216. The Kier molecular flexibility index (Phi) is 9.11. The molecule has 3 aliphatic heterocycles. The number of pyridine rings is 1. The summed E-state index contributed by atoms with van der Waals surface area (Å²) < 4.78 is 56.1. The second-order valence-corrected chi connectivity index (χ2v) is 14.7. The minimum atomic E-state index is -1.30. The van der Waals surface area contributed by atoms with Gasteiger partial charge in [0.1, 0.15) is 5.52 Å². The molecule has 0 radical (unpaired) electrons. The van der Waals surface area contributed by atoms with E-state index in [2.05, 4.69) is 6.07 Å². The van der Waals surface area contributed by atoms with Gasteiger partial charge in [-0.15, -0.1) is 0 Å². The Labute approximate surface area is 316 Å². The first-order chi connectivity index (χ1) is 26.0. The number of methoxy groups -OCH3 is 1. The minimum absolute atomic E-state index is 0.0231. The molecule has 4 aliphatic rings. The maximum absolute atomic E-state index is 17.5. The van der Waals surface area contributed by atoms with Gasteiger partial charge in [-0.3, -0.25) is 4.90 Å². The van der Waals surface area contributed by atoms with Crippen molar-refractivity contribution < 1.29 is 37.7 Å². The van der Waals surface area contributed by atoms with Crippen LogP contribution in [0.1, 0.15) is 54.6 Å². The molecular formula is C39H32Cl2F3N5O5. The number of likely N-dealkylation sites (tertiary alicyclic amines) is 1. The van der Waals surface area contributed by atoms with Crippen LogP contribution < -0.4 is 0 Å². The van der Waals surface area contributed by atoms with E-state index in [-0.39, 0.29) is 74.2 Å². The first-order valence-electron chi connectivity index (χ1n) is 17.4. The van der Waals surface area contributed by atoms with E-state index in [1.54, 1.807) is 35.2 Å². The number of fused-ring (bicyclic) bond motifs is 4. The summed E-state index contributed by atoms with van der Waals surface area (Å²) in [6.45, 7) is -0.126. The van der Waals surface area contributed by atoms with Crippen LogP contribution in [0.5, 0.6) is 0 Å². The lowest BCUT2D eigenvalue weighted by Gasteiger charge is -2.40. The fourth-order valence-electron chi connectivity index (χ4n) is 8.81. The van der Waals surface area contributed by atoms with Crippen LogP contribution in [0.25, 0.3) is 44.2 Å². The Morgan fingerprint density at radius 1 is 1.04 bits per heavy atom. The number of nitrogens with zero attached hydrogens (tertiary/aromatic N) is 5. The third-order valence-corrected chi connectivity index (χ3v) is 12.1. The van der Waals surface area contributed by atoms with E-state index in [0.29, 0.717) is 48.0 Å². The monoisotopic (exact) mass is 777 g/mol. The lowest BCUT2D eigenvalue weighted by molar-refractivity contribution is 0.112. The number of carbonyl (C=O) groups excluding carboxylic acids is 1. The van der Waals surface area contributed by atoms with Crippen molar-refractivity contribution in [3.05, 3.63) is 86.8 Å². The van der Waals surface area contributed by atoms with E-state index in [1.165, 1.54) is 24.1 Å². The van der Waals surface area contributed by atoms with Gasteiger partial charge in [0.2, 0.25) is 0 Å². The molecule has 3 saturated heterocycles. The predicted molar refractivity (Wildman–Crippen MR) is 195 cm³/mol. The maximum atomic E-state index is 17.5.